The Hall–Kier alpha value is -1.36. The number of hydrogen-bond acceptors (Lipinski definition) is 3. The van der Waals surface area contributed by atoms with Gasteiger partial charge in [-0.05, 0) is 30.7 Å². The van der Waals surface area contributed by atoms with Crippen LogP contribution < -0.4 is 11.1 Å². The summed E-state index contributed by atoms with van der Waals surface area (Å²) in [6.07, 6.45) is 0. The molecule has 1 aliphatic rings. The van der Waals surface area contributed by atoms with E-state index in [9.17, 15) is 4.79 Å². The molecule has 0 aromatic heterocycles. The highest BCUT2D eigenvalue weighted by atomic mass is 32.2. The molecule has 0 bridgehead atoms. The van der Waals surface area contributed by atoms with Crippen LogP contribution in [-0.4, -0.2) is 36.3 Å². The Labute approximate surface area is 106 Å². The van der Waals surface area contributed by atoms with E-state index in [4.69, 9.17) is 5.73 Å². The van der Waals surface area contributed by atoms with E-state index in [0.717, 1.165) is 36.6 Å². The van der Waals surface area contributed by atoms with Crippen LogP contribution in [0.5, 0.6) is 0 Å². The summed E-state index contributed by atoms with van der Waals surface area (Å²) in [5.74, 6) is 0.913. The maximum atomic E-state index is 11.3. The molecule has 0 atom stereocenters. The molecule has 17 heavy (non-hydrogen) atoms. The molecule has 2 amide bonds. The van der Waals surface area contributed by atoms with E-state index in [2.05, 4.69) is 11.4 Å². The van der Waals surface area contributed by atoms with Crippen LogP contribution >= 0.6 is 11.8 Å². The highest BCUT2D eigenvalue weighted by molar-refractivity contribution is 7.99. The average Bonchev–Trinajstić information content (AvgIpc) is 2.70. The normalized spacial score (nSPS) is 15.1. The number of nitrogen functional groups attached to an aromatic ring is 1. The van der Waals surface area contributed by atoms with Gasteiger partial charge < -0.3 is 16.0 Å². The van der Waals surface area contributed by atoms with E-state index < -0.39 is 0 Å². The predicted molar refractivity (Wildman–Crippen MR) is 71.3 cm³/mol. The summed E-state index contributed by atoms with van der Waals surface area (Å²) in [4.78, 5) is 14.4. The molecular formula is C12H17N3OS. The standard InChI is InChI=1S/C12H17N3OS/c1-9-8-10(2-3-11(9)13)17-7-6-15-5-4-14-12(15)16/h2-3,8H,4-7,13H2,1H3,(H,14,16). The number of nitrogens with two attached hydrogens (primary N) is 1. The minimum absolute atomic E-state index is 0.0547. The van der Waals surface area contributed by atoms with Gasteiger partial charge in [0.1, 0.15) is 0 Å². The van der Waals surface area contributed by atoms with E-state index in [1.54, 1.807) is 11.8 Å². The van der Waals surface area contributed by atoms with Gasteiger partial charge in [0, 0.05) is 36.0 Å². The van der Waals surface area contributed by atoms with Crippen molar-refractivity contribution in [3.05, 3.63) is 23.8 Å². The van der Waals surface area contributed by atoms with Crippen molar-refractivity contribution in [2.45, 2.75) is 11.8 Å². The number of thioether (sulfide) groups is 1. The second-order valence-corrected chi connectivity index (χ2v) is 5.25. The molecule has 1 saturated heterocycles. The lowest BCUT2D eigenvalue weighted by atomic mass is 10.2. The summed E-state index contributed by atoms with van der Waals surface area (Å²) < 4.78 is 0. The molecule has 2 rings (SSSR count). The summed E-state index contributed by atoms with van der Waals surface area (Å²) in [6, 6.07) is 6.10. The number of nitrogens with one attached hydrogen (secondary N) is 1. The number of hydrogen-bond donors (Lipinski definition) is 2. The molecule has 0 saturated carbocycles. The fraction of sp³-hybridized carbons (Fsp3) is 0.417. The smallest absolute Gasteiger partial charge is 0.317 e. The Kier molecular flexibility index (Phi) is 3.78. The maximum absolute atomic E-state index is 11.3. The maximum Gasteiger partial charge on any atom is 0.317 e. The Morgan fingerprint density at radius 1 is 1.53 bits per heavy atom. The molecule has 1 aliphatic heterocycles. The first-order valence-electron chi connectivity index (χ1n) is 5.68. The largest absolute Gasteiger partial charge is 0.399 e. The van der Waals surface area contributed by atoms with Crippen LogP contribution in [0.3, 0.4) is 0 Å². The van der Waals surface area contributed by atoms with Crippen molar-refractivity contribution in [3.63, 3.8) is 0 Å². The van der Waals surface area contributed by atoms with Gasteiger partial charge in [0.25, 0.3) is 0 Å². The lowest BCUT2D eigenvalue weighted by molar-refractivity contribution is 0.220. The molecule has 0 unspecified atom stereocenters. The molecule has 92 valence electrons. The van der Waals surface area contributed by atoms with Crippen molar-refractivity contribution in [3.8, 4) is 0 Å². The number of benzene rings is 1. The average molecular weight is 251 g/mol. The van der Waals surface area contributed by atoms with Crippen molar-refractivity contribution in [2.75, 3.05) is 31.1 Å². The van der Waals surface area contributed by atoms with Crippen molar-refractivity contribution in [1.82, 2.24) is 10.2 Å². The van der Waals surface area contributed by atoms with Gasteiger partial charge in [-0.2, -0.15) is 0 Å². The summed E-state index contributed by atoms with van der Waals surface area (Å²) in [5.41, 5.74) is 7.70. The Morgan fingerprint density at radius 3 is 3.00 bits per heavy atom. The van der Waals surface area contributed by atoms with Gasteiger partial charge in [-0.3, -0.25) is 0 Å². The number of aryl methyl sites for hydroxylation is 1. The molecule has 1 aromatic carbocycles. The summed E-state index contributed by atoms with van der Waals surface area (Å²) in [5, 5.41) is 2.80. The van der Waals surface area contributed by atoms with Crippen LogP contribution in [-0.2, 0) is 0 Å². The molecule has 4 nitrogen and oxygen atoms in total. The van der Waals surface area contributed by atoms with Gasteiger partial charge in [0.2, 0.25) is 0 Å². The fourth-order valence-corrected chi connectivity index (χ4v) is 2.71. The van der Waals surface area contributed by atoms with E-state index in [0.29, 0.717) is 0 Å². The number of nitrogens with zero attached hydrogens (tertiary/aromatic N) is 1. The quantitative estimate of drug-likeness (QED) is 0.632. The lowest BCUT2D eigenvalue weighted by Gasteiger charge is -2.13. The fourth-order valence-electron chi connectivity index (χ4n) is 1.74. The second kappa shape index (κ2) is 5.31. The van der Waals surface area contributed by atoms with Gasteiger partial charge in [-0.25, -0.2) is 4.79 Å². The number of rotatable bonds is 4. The zero-order valence-corrected chi connectivity index (χ0v) is 10.7. The third-order valence-corrected chi connectivity index (χ3v) is 3.79. The van der Waals surface area contributed by atoms with E-state index in [-0.39, 0.29) is 6.03 Å². The Bertz CT molecular complexity index is 422. The summed E-state index contributed by atoms with van der Waals surface area (Å²) in [7, 11) is 0. The van der Waals surface area contributed by atoms with E-state index in [1.165, 1.54) is 4.90 Å². The highest BCUT2D eigenvalue weighted by Gasteiger charge is 2.18. The molecule has 5 heteroatoms. The lowest BCUT2D eigenvalue weighted by Crippen LogP contribution is -2.30. The topological polar surface area (TPSA) is 58.4 Å². The van der Waals surface area contributed by atoms with Gasteiger partial charge in [-0.1, -0.05) is 0 Å². The van der Waals surface area contributed by atoms with Crippen molar-refractivity contribution >= 4 is 23.5 Å². The van der Waals surface area contributed by atoms with Crippen LogP contribution in [0, 0.1) is 6.92 Å². The van der Waals surface area contributed by atoms with E-state index >= 15 is 0 Å². The van der Waals surface area contributed by atoms with E-state index in [1.807, 2.05) is 24.0 Å². The number of urea groups is 1. The predicted octanol–water partition coefficient (Wildman–Crippen LogP) is 1.69. The van der Waals surface area contributed by atoms with Crippen LogP contribution in [0.4, 0.5) is 10.5 Å². The zero-order chi connectivity index (χ0) is 12.3. The molecule has 3 N–H and O–H groups in total. The second-order valence-electron chi connectivity index (χ2n) is 4.09. The zero-order valence-electron chi connectivity index (χ0n) is 9.90. The number of carbonyl (C=O) groups is 1. The number of carbonyl (C=O) groups excluding carboxylic acids is 1. The van der Waals surface area contributed by atoms with Gasteiger partial charge >= 0.3 is 6.03 Å². The first-order valence-corrected chi connectivity index (χ1v) is 6.67. The number of anilines is 1. The molecule has 0 spiro atoms. The van der Waals surface area contributed by atoms with Crippen LogP contribution in [0.2, 0.25) is 0 Å². The third kappa shape index (κ3) is 3.06. The molecule has 0 aliphatic carbocycles. The Morgan fingerprint density at radius 2 is 2.35 bits per heavy atom. The number of amides is 2. The minimum atomic E-state index is 0.0547. The molecule has 1 aromatic rings. The first kappa shape index (κ1) is 12.1. The van der Waals surface area contributed by atoms with Gasteiger partial charge in [-0.15, -0.1) is 11.8 Å². The monoisotopic (exact) mass is 251 g/mol. The summed E-state index contributed by atoms with van der Waals surface area (Å²) >= 11 is 1.75. The van der Waals surface area contributed by atoms with Gasteiger partial charge in [0.15, 0.2) is 0 Å². The van der Waals surface area contributed by atoms with Crippen LogP contribution in [0.1, 0.15) is 5.56 Å². The first-order chi connectivity index (χ1) is 8.16. The molecule has 0 radical (unpaired) electrons. The third-order valence-electron chi connectivity index (χ3n) is 2.82. The van der Waals surface area contributed by atoms with Crippen molar-refractivity contribution in [1.29, 1.82) is 0 Å². The van der Waals surface area contributed by atoms with Crippen LogP contribution in [0.25, 0.3) is 0 Å². The van der Waals surface area contributed by atoms with Crippen molar-refractivity contribution < 1.29 is 4.79 Å². The van der Waals surface area contributed by atoms with Crippen LogP contribution in [0.15, 0.2) is 23.1 Å². The van der Waals surface area contributed by atoms with Gasteiger partial charge in [0.05, 0.1) is 0 Å². The molecule has 1 heterocycles. The molecular weight excluding hydrogens is 234 g/mol. The van der Waals surface area contributed by atoms with Crippen molar-refractivity contribution in [2.24, 2.45) is 0 Å². The molecule has 1 fully saturated rings. The minimum Gasteiger partial charge on any atom is -0.399 e. The SMILES string of the molecule is Cc1cc(SCCN2CCNC2=O)ccc1N. The summed E-state index contributed by atoms with van der Waals surface area (Å²) in [6.45, 7) is 4.39. The highest BCUT2D eigenvalue weighted by Crippen LogP contribution is 2.22. The Balaban J connectivity index is 1.81.